The maximum Gasteiger partial charge on any atom is 0.246 e. The molecule has 1 aromatic rings. The van der Waals surface area contributed by atoms with Crippen LogP contribution in [0.2, 0.25) is 5.02 Å². The Hall–Kier alpha value is -2.42. The monoisotopic (exact) mass is 556 g/mol. The molecule has 212 valence electrons. The zero-order valence-corrected chi connectivity index (χ0v) is 24.0. The van der Waals surface area contributed by atoms with Gasteiger partial charge in [0.2, 0.25) is 17.7 Å². The lowest BCUT2D eigenvalue weighted by atomic mass is 9.74. The number of nitrogens with one attached hydrogen (secondary N) is 2. The number of carbonyl (C=O) groups excluding carboxylic acids is 3. The van der Waals surface area contributed by atoms with E-state index in [-0.39, 0.29) is 23.8 Å². The van der Waals surface area contributed by atoms with Crippen molar-refractivity contribution in [2.24, 2.45) is 11.8 Å². The fourth-order valence-corrected chi connectivity index (χ4v) is 6.93. The van der Waals surface area contributed by atoms with Crippen molar-refractivity contribution in [1.82, 2.24) is 15.1 Å². The number of hydrogen-bond acceptors (Lipinski definition) is 5. The number of benzene rings is 1. The molecule has 1 aromatic carbocycles. The molecule has 2 bridgehead atoms. The number of ether oxygens (including phenoxy) is 1. The highest BCUT2D eigenvalue weighted by atomic mass is 35.5. The molecule has 8 nitrogen and oxygen atoms in total. The highest BCUT2D eigenvalue weighted by Gasteiger charge is 2.72. The van der Waals surface area contributed by atoms with Crippen LogP contribution < -0.4 is 10.6 Å². The van der Waals surface area contributed by atoms with Crippen LogP contribution in [0.3, 0.4) is 0 Å². The summed E-state index contributed by atoms with van der Waals surface area (Å²) in [5.41, 5.74) is 0.343. The van der Waals surface area contributed by atoms with Gasteiger partial charge in [-0.15, -0.1) is 0 Å². The summed E-state index contributed by atoms with van der Waals surface area (Å²) in [5, 5.41) is 6.75. The smallest absolute Gasteiger partial charge is 0.246 e. The molecule has 0 unspecified atom stereocenters. The number of unbranched alkanes of at least 4 members (excludes halogenated alkanes) is 1. The van der Waals surface area contributed by atoms with E-state index in [4.69, 9.17) is 16.3 Å². The molecule has 5 rings (SSSR count). The van der Waals surface area contributed by atoms with Gasteiger partial charge < -0.3 is 25.2 Å². The molecule has 3 aliphatic heterocycles. The number of fused-ring (bicyclic) bond motifs is 1. The Labute approximate surface area is 236 Å². The van der Waals surface area contributed by atoms with Crippen molar-refractivity contribution in [3.63, 3.8) is 0 Å². The van der Waals surface area contributed by atoms with Gasteiger partial charge in [0.1, 0.15) is 11.6 Å². The Morgan fingerprint density at radius 3 is 2.67 bits per heavy atom. The number of amides is 3. The number of rotatable bonds is 10. The highest BCUT2D eigenvalue weighted by Crippen LogP contribution is 2.55. The van der Waals surface area contributed by atoms with E-state index in [1.807, 2.05) is 32.2 Å². The zero-order valence-electron chi connectivity index (χ0n) is 23.2. The van der Waals surface area contributed by atoms with Crippen LogP contribution in [0, 0.1) is 18.8 Å². The standard InChI is InChI=1S/C30H41ClN4O4/c1-4-5-15-34(3)16-17-35-26(28(37)32-20-9-7-6-8-10-20)30-14-13-23(39-30)24(25(30)29(35)38)27(36)33-21-12-11-19(2)22(31)18-21/h11-14,18,20,23-26H,4-10,15-17H2,1-3H3,(H,32,37)(H,33,36)/t23-,24-,25-,26-,30-/m0/s1. The van der Waals surface area contributed by atoms with Crippen LogP contribution in [0.15, 0.2) is 30.4 Å². The summed E-state index contributed by atoms with van der Waals surface area (Å²) in [4.78, 5) is 45.5. The van der Waals surface area contributed by atoms with Gasteiger partial charge in [0.25, 0.3) is 0 Å². The lowest BCUT2D eigenvalue weighted by molar-refractivity contribution is -0.141. The molecule has 3 amide bonds. The molecule has 2 N–H and O–H groups in total. The summed E-state index contributed by atoms with van der Waals surface area (Å²) in [6.07, 6.45) is 10.6. The third-order valence-electron chi connectivity index (χ3n) is 8.93. The van der Waals surface area contributed by atoms with Crippen LogP contribution in [0.1, 0.15) is 57.4 Å². The van der Waals surface area contributed by atoms with Crippen LogP contribution in [0.25, 0.3) is 0 Å². The van der Waals surface area contributed by atoms with Gasteiger partial charge in [0.15, 0.2) is 0 Å². The Morgan fingerprint density at radius 2 is 1.95 bits per heavy atom. The number of likely N-dealkylation sites (N-methyl/N-ethyl adjacent to an activating group) is 1. The number of hydrogen-bond donors (Lipinski definition) is 2. The number of anilines is 1. The highest BCUT2D eigenvalue weighted by molar-refractivity contribution is 6.31. The second-order valence-corrected chi connectivity index (χ2v) is 12.1. The third-order valence-corrected chi connectivity index (χ3v) is 9.34. The van der Waals surface area contributed by atoms with E-state index in [1.54, 1.807) is 17.0 Å². The molecular weight excluding hydrogens is 516 g/mol. The molecule has 0 radical (unpaired) electrons. The summed E-state index contributed by atoms with van der Waals surface area (Å²) in [7, 11) is 2.04. The molecule has 4 aliphatic rings. The number of halogens is 1. The van der Waals surface area contributed by atoms with Gasteiger partial charge in [0.05, 0.1) is 17.9 Å². The molecule has 39 heavy (non-hydrogen) atoms. The van der Waals surface area contributed by atoms with E-state index >= 15 is 0 Å². The van der Waals surface area contributed by atoms with Gasteiger partial charge in [-0.2, -0.15) is 0 Å². The van der Waals surface area contributed by atoms with Crippen LogP contribution in [0.4, 0.5) is 5.69 Å². The van der Waals surface area contributed by atoms with E-state index in [1.165, 1.54) is 6.42 Å². The molecule has 3 fully saturated rings. The first-order valence-corrected chi connectivity index (χ1v) is 14.9. The molecular formula is C30H41ClN4O4. The Morgan fingerprint density at radius 1 is 1.18 bits per heavy atom. The van der Waals surface area contributed by atoms with E-state index in [2.05, 4.69) is 22.5 Å². The molecule has 5 atom stereocenters. The first kappa shape index (κ1) is 28.1. The van der Waals surface area contributed by atoms with Gasteiger partial charge in [-0.1, -0.05) is 62.4 Å². The van der Waals surface area contributed by atoms with Gasteiger partial charge >= 0.3 is 0 Å². The number of carbonyl (C=O) groups is 3. The summed E-state index contributed by atoms with van der Waals surface area (Å²) >= 11 is 6.28. The van der Waals surface area contributed by atoms with E-state index in [9.17, 15) is 14.4 Å². The second-order valence-electron chi connectivity index (χ2n) is 11.7. The topological polar surface area (TPSA) is 91.0 Å². The minimum absolute atomic E-state index is 0.110. The largest absolute Gasteiger partial charge is 0.359 e. The third kappa shape index (κ3) is 5.35. The van der Waals surface area contributed by atoms with Gasteiger partial charge in [-0.05, 0) is 57.5 Å². The van der Waals surface area contributed by atoms with Crippen molar-refractivity contribution < 1.29 is 19.1 Å². The maximum absolute atomic E-state index is 14.1. The molecule has 2 saturated heterocycles. The number of aryl methyl sites for hydroxylation is 1. The molecule has 1 spiro atoms. The molecule has 1 saturated carbocycles. The summed E-state index contributed by atoms with van der Waals surface area (Å²) in [5.74, 6) is -2.13. The maximum atomic E-state index is 14.1. The van der Waals surface area contributed by atoms with E-state index < -0.39 is 29.6 Å². The predicted octanol–water partition coefficient (Wildman–Crippen LogP) is 3.92. The lowest BCUT2D eigenvalue weighted by Gasteiger charge is -2.34. The number of nitrogens with zero attached hydrogens (tertiary/aromatic N) is 2. The normalized spacial score (nSPS) is 29.8. The summed E-state index contributed by atoms with van der Waals surface area (Å²) in [6, 6.07) is 4.67. The van der Waals surface area contributed by atoms with Gasteiger partial charge in [0, 0.05) is 29.8 Å². The van der Waals surface area contributed by atoms with Gasteiger partial charge in [-0.25, -0.2) is 0 Å². The van der Waals surface area contributed by atoms with E-state index in [0.717, 1.165) is 50.6 Å². The predicted molar refractivity (Wildman–Crippen MR) is 151 cm³/mol. The lowest BCUT2D eigenvalue weighted by Crippen LogP contribution is -2.57. The average molecular weight is 557 g/mol. The first-order chi connectivity index (χ1) is 18.7. The fraction of sp³-hybridized carbons (Fsp3) is 0.633. The Kier molecular flexibility index (Phi) is 8.36. The van der Waals surface area contributed by atoms with Crippen LogP contribution in [0.5, 0.6) is 0 Å². The minimum Gasteiger partial charge on any atom is -0.359 e. The molecule has 0 aromatic heterocycles. The Bertz CT molecular complexity index is 1140. The summed E-state index contributed by atoms with van der Waals surface area (Å²) < 4.78 is 6.46. The van der Waals surface area contributed by atoms with E-state index in [0.29, 0.717) is 23.8 Å². The molecule has 1 aliphatic carbocycles. The SMILES string of the molecule is CCCCN(C)CCN1C(=O)[C@@H]2[C@@H](C(=O)Nc3ccc(C)c(Cl)c3)[C@@H]3C=C[C@@]2(O3)[C@@H]1C(=O)NC1CCCCC1. The van der Waals surface area contributed by atoms with Crippen LogP contribution in [-0.2, 0) is 19.1 Å². The van der Waals surface area contributed by atoms with Crippen LogP contribution >= 0.6 is 11.6 Å². The van der Waals surface area contributed by atoms with Crippen molar-refractivity contribution >= 4 is 35.0 Å². The fourth-order valence-electron chi connectivity index (χ4n) is 6.75. The second kappa shape index (κ2) is 11.6. The Balaban J connectivity index is 1.40. The van der Waals surface area contributed by atoms with Gasteiger partial charge in [-0.3, -0.25) is 14.4 Å². The number of likely N-dealkylation sites (tertiary alicyclic amines) is 1. The summed E-state index contributed by atoms with van der Waals surface area (Å²) in [6.45, 7) is 6.03. The van der Waals surface area contributed by atoms with Crippen molar-refractivity contribution in [3.05, 3.63) is 40.9 Å². The molecule has 3 heterocycles. The van der Waals surface area contributed by atoms with Crippen LogP contribution in [-0.4, -0.2) is 78.0 Å². The minimum atomic E-state index is -1.14. The average Bonchev–Trinajstić information content (AvgIpc) is 3.56. The van der Waals surface area contributed by atoms with Crippen molar-refractivity contribution in [1.29, 1.82) is 0 Å². The van der Waals surface area contributed by atoms with Crippen molar-refractivity contribution in [3.8, 4) is 0 Å². The zero-order chi connectivity index (χ0) is 27.7. The van der Waals surface area contributed by atoms with Crippen molar-refractivity contribution in [2.75, 3.05) is 32.0 Å². The quantitative estimate of drug-likeness (QED) is 0.426. The molecule has 9 heteroatoms. The van der Waals surface area contributed by atoms with Crippen molar-refractivity contribution in [2.45, 2.75) is 82.6 Å². The first-order valence-electron chi connectivity index (χ1n) is 14.5.